The monoisotopic (exact) mass is 237 g/mol. The van der Waals surface area contributed by atoms with Crippen molar-refractivity contribution in [3.63, 3.8) is 0 Å². The van der Waals surface area contributed by atoms with E-state index in [1.807, 2.05) is 11.3 Å². The van der Waals surface area contributed by atoms with Gasteiger partial charge in [0.05, 0.1) is 0 Å². The van der Waals surface area contributed by atoms with Gasteiger partial charge in [-0.3, -0.25) is 0 Å². The average molecular weight is 237 g/mol. The number of nitrogens with two attached hydrogens (primary N) is 1. The number of rotatable bonds is 4. The maximum atomic E-state index is 6.26. The van der Waals surface area contributed by atoms with Crippen molar-refractivity contribution in [2.45, 2.75) is 51.5 Å². The van der Waals surface area contributed by atoms with E-state index in [4.69, 9.17) is 5.73 Å². The van der Waals surface area contributed by atoms with Gasteiger partial charge < -0.3 is 5.73 Å². The van der Waals surface area contributed by atoms with E-state index < -0.39 is 0 Å². The standard InChI is InChI=1S/C14H23NS/c1-2-4-11-6-7-14(15)12(9-11)10-13-5-3-8-16-13/h3,5,8,11-12,14H,2,4,6-7,9-10,15H2,1H3. The summed E-state index contributed by atoms with van der Waals surface area (Å²) < 4.78 is 0. The SMILES string of the molecule is CCCC1CCC(N)C(Cc2cccs2)C1. The largest absolute Gasteiger partial charge is 0.327 e. The second kappa shape index (κ2) is 5.83. The molecular weight excluding hydrogens is 214 g/mol. The second-order valence-corrected chi connectivity index (χ2v) is 6.21. The lowest BCUT2D eigenvalue weighted by atomic mass is 9.75. The lowest BCUT2D eigenvalue weighted by molar-refractivity contribution is 0.222. The smallest absolute Gasteiger partial charge is 0.00708 e. The lowest BCUT2D eigenvalue weighted by Crippen LogP contribution is -2.37. The molecule has 1 nitrogen and oxygen atoms in total. The molecule has 0 spiro atoms. The van der Waals surface area contributed by atoms with Gasteiger partial charge in [-0.2, -0.15) is 0 Å². The molecule has 1 heterocycles. The van der Waals surface area contributed by atoms with Crippen molar-refractivity contribution in [1.82, 2.24) is 0 Å². The third-order valence-electron chi connectivity index (χ3n) is 3.89. The van der Waals surface area contributed by atoms with Gasteiger partial charge in [-0.25, -0.2) is 0 Å². The molecule has 0 aromatic carbocycles. The van der Waals surface area contributed by atoms with Gasteiger partial charge in [-0.05, 0) is 49.0 Å². The van der Waals surface area contributed by atoms with Crippen molar-refractivity contribution < 1.29 is 0 Å². The van der Waals surface area contributed by atoms with Crippen LogP contribution in [0.5, 0.6) is 0 Å². The lowest BCUT2D eigenvalue weighted by Gasteiger charge is -2.34. The van der Waals surface area contributed by atoms with Crippen LogP contribution in [0.4, 0.5) is 0 Å². The van der Waals surface area contributed by atoms with Gasteiger partial charge in [0.2, 0.25) is 0 Å². The van der Waals surface area contributed by atoms with Crippen LogP contribution in [0.15, 0.2) is 17.5 Å². The van der Waals surface area contributed by atoms with Gasteiger partial charge in [-0.15, -0.1) is 11.3 Å². The fourth-order valence-electron chi connectivity index (χ4n) is 2.98. The van der Waals surface area contributed by atoms with Gasteiger partial charge in [0.1, 0.15) is 0 Å². The molecule has 1 saturated carbocycles. The van der Waals surface area contributed by atoms with Gasteiger partial charge in [0.25, 0.3) is 0 Å². The molecule has 0 radical (unpaired) electrons. The van der Waals surface area contributed by atoms with Gasteiger partial charge in [-0.1, -0.05) is 25.8 Å². The van der Waals surface area contributed by atoms with Crippen LogP contribution >= 0.6 is 11.3 Å². The number of hydrogen-bond acceptors (Lipinski definition) is 2. The summed E-state index contributed by atoms with van der Waals surface area (Å²) in [6.07, 6.45) is 7.88. The summed E-state index contributed by atoms with van der Waals surface area (Å²) in [4.78, 5) is 1.51. The van der Waals surface area contributed by atoms with Crippen LogP contribution in [0.2, 0.25) is 0 Å². The Labute approximate surface area is 103 Å². The predicted octanol–water partition coefficient (Wildman–Crippen LogP) is 3.83. The molecule has 0 saturated heterocycles. The van der Waals surface area contributed by atoms with Crippen LogP contribution in [0.1, 0.15) is 43.9 Å². The summed E-state index contributed by atoms with van der Waals surface area (Å²) in [5.41, 5.74) is 6.26. The first kappa shape index (κ1) is 12.1. The van der Waals surface area contributed by atoms with E-state index in [1.165, 1.54) is 43.4 Å². The van der Waals surface area contributed by atoms with Crippen molar-refractivity contribution in [2.75, 3.05) is 0 Å². The molecule has 2 rings (SSSR count). The quantitative estimate of drug-likeness (QED) is 0.846. The average Bonchev–Trinajstić information content (AvgIpc) is 2.76. The Morgan fingerprint density at radius 2 is 2.31 bits per heavy atom. The fraction of sp³-hybridized carbons (Fsp3) is 0.714. The topological polar surface area (TPSA) is 26.0 Å². The molecule has 16 heavy (non-hydrogen) atoms. The molecule has 3 unspecified atom stereocenters. The summed E-state index contributed by atoms with van der Waals surface area (Å²) in [6.45, 7) is 2.29. The molecule has 3 atom stereocenters. The van der Waals surface area contributed by atoms with E-state index in [1.54, 1.807) is 0 Å². The molecular formula is C14H23NS. The zero-order valence-electron chi connectivity index (χ0n) is 10.2. The minimum absolute atomic E-state index is 0.440. The highest BCUT2D eigenvalue weighted by atomic mass is 32.1. The Morgan fingerprint density at radius 3 is 3.00 bits per heavy atom. The Bertz CT molecular complexity index is 294. The zero-order valence-corrected chi connectivity index (χ0v) is 11.0. The minimum atomic E-state index is 0.440. The van der Waals surface area contributed by atoms with E-state index in [0.717, 1.165) is 11.8 Å². The van der Waals surface area contributed by atoms with Crippen molar-refractivity contribution in [2.24, 2.45) is 17.6 Å². The maximum absolute atomic E-state index is 6.26. The first-order valence-corrected chi connectivity index (χ1v) is 7.45. The van der Waals surface area contributed by atoms with Gasteiger partial charge >= 0.3 is 0 Å². The molecule has 90 valence electrons. The van der Waals surface area contributed by atoms with Gasteiger partial charge in [0.15, 0.2) is 0 Å². The van der Waals surface area contributed by atoms with Crippen LogP contribution in [-0.4, -0.2) is 6.04 Å². The molecule has 1 aromatic heterocycles. The summed E-state index contributed by atoms with van der Waals surface area (Å²) >= 11 is 1.88. The molecule has 2 heteroatoms. The molecule has 2 N–H and O–H groups in total. The highest BCUT2D eigenvalue weighted by Gasteiger charge is 2.27. The summed E-state index contributed by atoms with van der Waals surface area (Å²) in [5, 5.41) is 2.17. The Balaban J connectivity index is 1.91. The Hall–Kier alpha value is -0.340. The minimum Gasteiger partial charge on any atom is -0.327 e. The fourth-order valence-corrected chi connectivity index (χ4v) is 3.78. The summed E-state index contributed by atoms with van der Waals surface area (Å²) in [5.74, 6) is 1.67. The third-order valence-corrected chi connectivity index (χ3v) is 4.79. The Kier molecular flexibility index (Phi) is 4.42. The van der Waals surface area contributed by atoms with Crippen molar-refractivity contribution in [3.8, 4) is 0 Å². The highest BCUT2D eigenvalue weighted by molar-refractivity contribution is 7.09. The van der Waals surface area contributed by atoms with Crippen molar-refractivity contribution >= 4 is 11.3 Å². The molecule has 0 aliphatic heterocycles. The van der Waals surface area contributed by atoms with Crippen molar-refractivity contribution in [3.05, 3.63) is 22.4 Å². The second-order valence-electron chi connectivity index (χ2n) is 5.18. The number of thiophene rings is 1. The molecule has 0 amide bonds. The highest BCUT2D eigenvalue weighted by Crippen LogP contribution is 2.33. The van der Waals surface area contributed by atoms with Gasteiger partial charge in [0, 0.05) is 10.9 Å². The van der Waals surface area contributed by atoms with Crippen LogP contribution in [0.25, 0.3) is 0 Å². The number of hydrogen-bond donors (Lipinski definition) is 1. The first-order chi connectivity index (χ1) is 7.79. The molecule has 1 aliphatic carbocycles. The molecule has 1 aliphatic rings. The molecule has 1 aromatic rings. The molecule has 0 bridgehead atoms. The summed E-state index contributed by atoms with van der Waals surface area (Å²) in [6, 6.07) is 4.84. The summed E-state index contributed by atoms with van der Waals surface area (Å²) in [7, 11) is 0. The van der Waals surface area contributed by atoms with Crippen LogP contribution in [0.3, 0.4) is 0 Å². The van der Waals surface area contributed by atoms with Crippen LogP contribution in [0, 0.1) is 11.8 Å². The Morgan fingerprint density at radius 1 is 1.44 bits per heavy atom. The maximum Gasteiger partial charge on any atom is 0.00708 e. The molecule has 1 fully saturated rings. The first-order valence-electron chi connectivity index (χ1n) is 6.57. The van der Waals surface area contributed by atoms with E-state index in [9.17, 15) is 0 Å². The normalized spacial score (nSPS) is 30.5. The predicted molar refractivity (Wildman–Crippen MR) is 71.7 cm³/mol. The zero-order chi connectivity index (χ0) is 11.4. The van der Waals surface area contributed by atoms with Crippen LogP contribution < -0.4 is 5.73 Å². The van der Waals surface area contributed by atoms with E-state index in [0.29, 0.717) is 6.04 Å². The third kappa shape index (κ3) is 3.08. The van der Waals surface area contributed by atoms with E-state index in [2.05, 4.69) is 24.4 Å². The van der Waals surface area contributed by atoms with Crippen LogP contribution in [-0.2, 0) is 6.42 Å². The van der Waals surface area contributed by atoms with E-state index >= 15 is 0 Å². The van der Waals surface area contributed by atoms with Crippen molar-refractivity contribution in [1.29, 1.82) is 0 Å². The van der Waals surface area contributed by atoms with E-state index in [-0.39, 0.29) is 0 Å².